The molecule has 0 heterocycles. The van der Waals surface area contributed by atoms with Crippen molar-refractivity contribution in [3.8, 4) is 0 Å². The second-order valence-electron chi connectivity index (χ2n) is 3.65. The molecule has 1 aromatic carbocycles. The normalized spacial score (nSPS) is 10.1. The van der Waals surface area contributed by atoms with Gasteiger partial charge in [-0.25, -0.2) is 4.39 Å². The zero-order chi connectivity index (χ0) is 11.8. The molecule has 0 aliphatic carbocycles. The maximum absolute atomic E-state index is 12.8. The summed E-state index contributed by atoms with van der Waals surface area (Å²) in [5.41, 5.74) is 6.02. The highest BCUT2D eigenvalue weighted by atomic mass is 19.1. The first kappa shape index (κ1) is 12.6. The van der Waals surface area contributed by atoms with Crippen molar-refractivity contribution in [2.24, 2.45) is 5.73 Å². The fourth-order valence-corrected chi connectivity index (χ4v) is 1.39. The third kappa shape index (κ3) is 4.89. The Morgan fingerprint density at radius 2 is 2.19 bits per heavy atom. The van der Waals surface area contributed by atoms with E-state index in [1.54, 1.807) is 12.1 Å². The van der Waals surface area contributed by atoms with Crippen LogP contribution in [0.4, 0.5) is 4.39 Å². The number of carbonyl (C=O) groups is 1. The Labute approximate surface area is 94.8 Å². The molecule has 0 fully saturated rings. The van der Waals surface area contributed by atoms with Crippen LogP contribution < -0.4 is 11.1 Å². The number of halogens is 1. The van der Waals surface area contributed by atoms with Crippen molar-refractivity contribution in [2.45, 2.75) is 19.3 Å². The second-order valence-corrected chi connectivity index (χ2v) is 3.65. The fourth-order valence-electron chi connectivity index (χ4n) is 1.39. The molecule has 1 aromatic rings. The van der Waals surface area contributed by atoms with Gasteiger partial charge in [-0.05, 0) is 37.1 Å². The smallest absolute Gasteiger partial charge is 0.224 e. The van der Waals surface area contributed by atoms with Crippen LogP contribution in [0, 0.1) is 5.82 Å². The summed E-state index contributed by atoms with van der Waals surface area (Å²) in [5.74, 6) is -0.393. The van der Waals surface area contributed by atoms with Crippen LogP contribution in [0.15, 0.2) is 24.3 Å². The van der Waals surface area contributed by atoms with Gasteiger partial charge in [0, 0.05) is 6.54 Å². The molecule has 1 rings (SSSR count). The Morgan fingerprint density at radius 3 is 2.88 bits per heavy atom. The van der Waals surface area contributed by atoms with Gasteiger partial charge in [-0.3, -0.25) is 4.79 Å². The predicted octanol–water partition coefficient (Wildman–Crippen LogP) is 1.22. The Hall–Kier alpha value is -1.42. The molecule has 0 aliphatic rings. The summed E-state index contributed by atoms with van der Waals surface area (Å²) >= 11 is 0. The number of nitrogens with two attached hydrogens (primary N) is 1. The van der Waals surface area contributed by atoms with E-state index in [-0.39, 0.29) is 18.1 Å². The highest BCUT2D eigenvalue weighted by molar-refractivity contribution is 5.78. The first-order valence-corrected chi connectivity index (χ1v) is 5.43. The lowest BCUT2D eigenvalue weighted by Crippen LogP contribution is -2.26. The van der Waals surface area contributed by atoms with Crippen molar-refractivity contribution in [2.75, 3.05) is 13.1 Å². The summed E-state index contributed by atoms with van der Waals surface area (Å²) in [7, 11) is 0. The van der Waals surface area contributed by atoms with E-state index >= 15 is 0 Å². The van der Waals surface area contributed by atoms with Gasteiger partial charge in [0.15, 0.2) is 0 Å². The average molecular weight is 224 g/mol. The molecule has 88 valence electrons. The van der Waals surface area contributed by atoms with Gasteiger partial charge in [0.05, 0.1) is 6.42 Å². The summed E-state index contributed by atoms with van der Waals surface area (Å²) in [6, 6.07) is 6.08. The van der Waals surface area contributed by atoms with Gasteiger partial charge in [0.2, 0.25) is 5.91 Å². The van der Waals surface area contributed by atoms with Crippen LogP contribution in [0.3, 0.4) is 0 Å². The van der Waals surface area contributed by atoms with Crippen LogP contribution in [0.25, 0.3) is 0 Å². The van der Waals surface area contributed by atoms with Crippen LogP contribution in [0.2, 0.25) is 0 Å². The molecule has 0 unspecified atom stereocenters. The van der Waals surface area contributed by atoms with E-state index in [4.69, 9.17) is 5.73 Å². The van der Waals surface area contributed by atoms with Gasteiger partial charge >= 0.3 is 0 Å². The molecule has 0 saturated heterocycles. The van der Waals surface area contributed by atoms with Crippen LogP contribution in [-0.2, 0) is 11.2 Å². The number of amides is 1. The molecule has 0 atom stereocenters. The van der Waals surface area contributed by atoms with Gasteiger partial charge in [-0.2, -0.15) is 0 Å². The number of nitrogens with one attached hydrogen (secondary N) is 1. The molecular weight excluding hydrogens is 207 g/mol. The molecule has 0 bridgehead atoms. The molecule has 3 nitrogen and oxygen atoms in total. The molecule has 3 N–H and O–H groups in total. The van der Waals surface area contributed by atoms with Crippen LogP contribution in [-0.4, -0.2) is 19.0 Å². The number of rotatable bonds is 6. The lowest BCUT2D eigenvalue weighted by molar-refractivity contribution is -0.120. The standard InChI is InChI=1S/C12H17FN2O/c13-11-5-3-4-10(8-11)9-12(16)15-7-2-1-6-14/h3-5,8H,1-2,6-7,9,14H2,(H,15,16). The number of benzene rings is 1. The van der Waals surface area contributed by atoms with Crippen LogP contribution >= 0.6 is 0 Å². The molecule has 0 aromatic heterocycles. The van der Waals surface area contributed by atoms with E-state index in [0.717, 1.165) is 12.8 Å². The minimum absolute atomic E-state index is 0.0809. The Balaban J connectivity index is 2.29. The van der Waals surface area contributed by atoms with Crippen molar-refractivity contribution in [1.82, 2.24) is 5.32 Å². The van der Waals surface area contributed by atoms with Crippen molar-refractivity contribution < 1.29 is 9.18 Å². The predicted molar refractivity (Wildman–Crippen MR) is 61.4 cm³/mol. The first-order valence-electron chi connectivity index (χ1n) is 5.43. The Bertz CT molecular complexity index is 342. The van der Waals surface area contributed by atoms with E-state index in [2.05, 4.69) is 5.32 Å². The van der Waals surface area contributed by atoms with Crippen molar-refractivity contribution in [3.05, 3.63) is 35.6 Å². The summed E-state index contributed by atoms with van der Waals surface area (Å²) in [5, 5.41) is 2.77. The quantitative estimate of drug-likeness (QED) is 0.714. The molecule has 0 aliphatic heterocycles. The summed E-state index contributed by atoms with van der Waals surface area (Å²) in [4.78, 5) is 11.4. The number of hydrogen-bond acceptors (Lipinski definition) is 2. The topological polar surface area (TPSA) is 55.1 Å². The maximum atomic E-state index is 12.8. The molecular formula is C12H17FN2O. The molecule has 0 radical (unpaired) electrons. The van der Waals surface area contributed by atoms with E-state index in [1.807, 2.05) is 0 Å². The zero-order valence-corrected chi connectivity index (χ0v) is 9.21. The van der Waals surface area contributed by atoms with Gasteiger partial charge in [-0.1, -0.05) is 12.1 Å². The largest absolute Gasteiger partial charge is 0.356 e. The second kappa shape index (κ2) is 6.95. The zero-order valence-electron chi connectivity index (χ0n) is 9.21. The average Bonchev–Trinajstić information content (AvgIpc) is 2.24. The molecule has 16 heavy (non-hydrogen) atoms. The summed E-state index contributed by atoms with van der Waals surface area (Å²) in [6.45, 7) is 1.27. The van der Waals surface area contributed by atoms with E-state index in [1.165, 1.54) is 12.1 Å². The third-order valence-electron chi connectivity index (χ3n) is 2.21. The summed E-state index contributed by atoms with van der Waals surface area (Å²) < 4.78 is 12.8. The maximum Gasteiger partial charge on any atom is 0.224 e. The Morgan fingerprint density at radius 1 is 1.38 bits per heavy atom. The van der Waals surface area contributed by atoms with Gasteiger partial charge in [0.25, 0.3) is 0 Å². The van der Waals surface area contributed by atoms with E-state index in [0.29, 0.717) is 18.7 Å². The summed E-state index contributed by atoms with van der Waals surface area (Å²) in [6.07, 6.45) is 2.01. The highest BCUT2D eigenvalue weighted by Crippen LogP contribution is 2.03. The molecule has 4 heteroatoms. The minimum Gasteiger partial charge on any atom is -0.356 e. The van der Waals surface area contributed by atoms with Crippen molar-refractivity contribution >= 4 is 5.91 Å². The van der Waals surface area contributed by atoms with Gasteiger partial charge < -0.3 is 11.1 Å². The van der Waals surface area contributed by atoms with E-state index in [9.17, 15) is 9.18 Å². The molecule has 1 amide bonds. The number of unbranched alkanes of at least 4 members (excludes halogenated alkanes) is 1. The highest BCUT2D eigenvalue weighted by Gasteiger charge is 2.03. The Kier molecular flexibility index (Phi) is 5.50. The minimum atomic E-state index is -0.312. The van der Waals surface area contributed by atoms with Crippen molar-refractivity contribution in [1.29, 1.82) is 0 Å². The van der Waals surface area contributed by atoms with Gasteiger partial charge in [0.1, 0.15) is 5.82 Å². The van der Waals surface area contributed by atoms with Crippen LogP contribution in [0.1, 0.15) is 18.4 Å². The monoisotopic (exact) mass is 224 g/mol. The van der Waals surface area contributed by atoms with E-state index < -0.39 is 0 Å². The SMILES string of the molecule is NCCCCNC(=O)Cc1cccc(F)c1. The number of hydrogen-bond donors (Lipinski definition) is 2. The number of carbonyl (C=O) groups excluding carboxylic acids is 1. The molecule has 0 spiro atoms. The lowest BCUT2D eigenvalue weighted by atomic mass is 10.1. The van der Waals surface area contributed by atoms with Gasteiger partial charge in [-0.15, -0.1) is 0 Å². The lowest BCUT2D eigenvalue weighted by Gasteiger charge is -2.04. The fraction of sp³-hybridized carbons (Fsp3) is 0.417. The van der Waals surface area contributed by atoms with Crippen LogP contribution in [0.5, 0.6) is 0 Å². The van der Waals surface area contributed by atoms with Crippen molar-refractivity contribution in [3.63, 3.8) is 0 Å². The third-order valence-corrected chi connectivity index (χ3v) is 2.21. The molecule has 0 saturated carbocycles. The first-order chi connectivity index (χ1) is 7.72.